The van der Waals surface area contributed by atoms with E-state index < -0.39 is 11.6 Å². The molecule has 0 amide bonds. The number of nitrogen functional groups attached to an aromatic ring is 1. The van der Waals surface area contributed by atoms with Crippen LogP contribution in [0, 0.1) is 23.0 Å². The molecule has 5 heteroatoms. The molecule has 0 fully saturated rings. The zero-order valence-electron chi connectivity index (χ0n) is 9.95. The lowest BCUT2D eigenvalue weighted by molar-refractivity contribution is 0.591. The van der Waals surface area contributed by atoms with Crippen molar-refractivity contribution in [2.75, 3.05) is 11.1 Å². The van der Waals surface area contributed by atoms with Crippen LogP contribution in [0.25, 0.3) is 0 Å². The van der Waals surface area contributed by atoms with Gasteiger partial charge in [0.05, 0.1) is 12.5 Å². The average Bonchev–Trinajstić information content (AvgIpc) is 2.38. The Morgan fingerprint density at radius 2 is 1.84 bits per heavy atom. The molecule has 2 aromatic rings. The highest BCUT2D eigenvalue weighted by Crippen LogP contribution is 2.25. The molecule has 96 valence electrons. The normalized spacial score (nSPS) is 9.95. The molecule has 0 bridgehead atoms. The monoisotopic (exact) mass is 259 g/mol. The molecule has 0 aliphatic carbocycles. The van der Waals surface area contributed by atoms with E-state index in [1.54, 1.807) is 18.2 Å². The van der Waals surface area contributed by atoms with Crippen LogP contribution in [-0.4, -0.2) is 0 Å². The van der Waals surface area contributed by atoms with Gasteiger partial charge in [0.2, 0.25) is 0 Å². The van der Waals surface area contributed by atoms with E-state index in [4.69, 9.17) is 11.0 Å². The van der Waals surface area contributed by atoms with E-state index in [0.29, 0.717) is 16.9 Å². The number of hydrogen-bond acceptors (Lipinski definition) is 3. The Morgan fingerprint density at radius 1 is 1.16 bits per heavy atom. The smallest absolute Gasteiger partial charge is 0.149 e. The maximum Gasteiger partial charge on any atom is 0.149 e. The molecule has 2 aromatic carbocycles. The first-order valence-corrected chi connectivity index (χ1v) is 5.58. The van der Waals surface area contributed by atoms with Crippen molar-refractivity contribution >= 4 is 17.1 Å². The Balaban J connectivity index is 2.34. The van der Waals surface area contributed by atoms with Gasteiger partial charge in [-0.05, 0) is 35.9 Å². The lowest BCUT2D eigenvalue weighted by Gasteiger charge is -2.10. The lowest BCUT2D eigenvalue weighted by Crippen LogP contribution is -2.00. The number of para-hydroxylation sites is 1. The van der Waals surface area contributed by atoms with E-state index in [-0.39, 0.29) is 12.1 Å². The van der Waals surface area contributed by atoms with Gasteiger partial charge in [-0.15, -0.1) is 0 Å². The lowest BCUT2D eigenvalue weighted by atomic mass is 10.1. The Kier molecular flexibility index (Phi) is 3.62. The van der Waals surface area contributed by atoms with Crippen LogP contribution < -0.4 is 11.1 Å². The molecule has 0 unspecified atom stereocenters. The molecule has 0 atom stereocenters. The van der Waals surface area contributed by atoms with Crippen LogP contribution in [0.3, 0.4) is 0 Å². The van der Waals surface area contributed by atoms with Crippen LogP contribution in [0.5, 0.6) is 0 Å². The van der Waals surface area contributed by atoms with E-state index in [9.17, 15) is 8.78 Å². The van der Waals surface area contributed by atoms with Gasteiger partial charge in [-0.2, -0.15) is 5.26 Å². The van der Waals surface area contributed by atoms with Gasteiger partial charge in [0.1, 0.15) is 17.3 Å². The summed E-state index contributed by atoms with van der Waals surface area (Å²) in [5.74, 6) is -1.36. The number of benzene rings is 2. The fourth-order valence-electron chi connectivity index (χ4n) is 1.68. The molecule has 0 heterocycles. The Hall–Kier alpha value is -2.61. The largest absolute Gasteiger partial charge is 0.398 e. The summed E-state index contributed by atoms with van der Waals surface area (Å²) in [7, 11) is 0. The van der Waals surface area contributed by atoms with Gasteiger partial charge >= 0.3 is 0 Å². The number of halogens is 2. The number of anilines is 3. The fraction of sp³-hybridized carbons (Fsp3) is 0.0714. The topological polar surface area (TPSA) is 61.8 Å². The molecule has 0 saturated carbocycles. The second kappa shape index (κ2) is 5.36. The van der Waals surface area contributed by atoms with E-state index in [1.807, 2.05) is 6.07 Å². The first-order chi connectivity index (χ1) is 9.11. The summed E-state index contributed by atoms with van der Waals surface area (Å²) < 4.78 is 27.0. The van der Waals surface area contributed by atoms with E-state index >= 15 is 0 Å². The molecule has 0 aromatic heterocycles. The van der Waals surface area contributed by atoms with Gasteiger partial charge in [-0.3, -0.25) is 0 Å². The second-order valence-corrected chi connectivity index (χ2v) is 3.97. The minimum Gasteiger partial charge on any atom is -0.398 e. The standard InChI is InChI=1S/C14H11F2N3/c15-11-2-1-3-12(16)14(11)19-10-4-5-13(18)9(8-10)6-7-17/h1-5,8,19H,6,18H2. The van der Waals surface area contributed by atoms with Gasteiger partial charge in [0.15, 0.2) is 0 Å². The molecule has 2 rings (SSSR count). The van der Waals surface area contributed by atoms with Crippen LogP contribution >= 0.6 is 0 Å². The second-order valence-electron chi connectivity index (χ2n) is 3.97. The first-order valence-electron chi connectivity index (χ1n) is 5.58. The zero-order valence-corrected chi connectivity index (χ0v) is 9.95. The average molecular weight is 259 g/mol. The molecule has 0 aliphatic heterocycles. The van der Waals surface area contributed by atoms with Gasteiger partial charge in [-0.25, -0.2) is 8.78 Å². The van der Waals surface area contributed by atoms with E-state index in [1.165, 1.54) is 18.2 Å². The van der Waals surface area contributed by atoms with E-state index in [0.717, 1.165) is 0 Å². The predicted molar refractivity (Wildman–Crippen MR) is 69.8 cm³/mol. The molecular formula is C14H11F2N3. The number of nitriles is 1. The molecule has 3 nitrogen and oxygen atoms in total. The highest BCUT2D eigenvalue weighted by molar-refractivity contribution is 5.65. The van der Waals surface area contributed by atoms with Crippen LogP contribution in [-0.2, 0) is 6.42 Å². The van der Waals surface area contributed by atoms with Crippen molar-refractivity contribution in [2.24, 2.45) is 0 Å². The van der Waals surface area contributed by atoms with E-state index in [2.05, 4.69) is 5.32 Å². The van der Waals surface area contributed by atoms with Crippen molar-refractivity contribution in [2.45, 2.75) is 6.42 Å². The van der Waals surface area contributed by atoms with Gasteiger partial charge in [0.25, 0.3) is 0 Å². The Morgan fingerprint density at radius 3 is 2.47 bits per heavy atom. The summed E-state index contributed by atoms with van der Waals surface area (Å²) in [4.78, 5) is 0. The third-order valence-corrected chi connectivity index (χ3v) is 2.64. The number of nitrogens with one attached hydrogen (secondary N) is 1. The number of rotatable bonds is 3. The zero-order chi connectivity index (χ0) is 13.8. The minimum atomic E-state index is -0.682. The molecule has 19 heavy (non-hydrogen) atoms. The van der Waals surface area contributed by atoms with Crippen LogP contribution in [0.2, 0.25) is 0 Å². The van der Waals surface area contributed by atoms with Crippen molar-refractivity contribution in [1.29, 1.82) is 5.26 Å². The van der Waals surface area contributed by atoms with Gasteiger partial charge in [-0.1, -0.05) is 6.07 Å². The number of nitrogens with two attached hydrogens (primary N) is 1. The molecule has 0 saturated heterocycles. The van der Waals surface area contributed by atoms with Crippen LogP contribution in [0.1, 0.15) is 5.56 Å². The van der Waals surface area contributed by atoms with Crippen molar-refractivity contribution in [3.63, 3.8) is 0 Å². The third kappa shape index (κ3) is 2.80. The van der Waals surface area contributed by atoms with Crippen molar-refractivity contribution < 1.29 is 8.78 Å². The quantitative estimate of drug-likeness (QED) is 0.831. The SMILES string of the molecule is N#CCc1cc(Nc2c(F)cccc2F)ccc1N. The predicted octanol–water partition coefficient (Wildman–Crippen LogP) is 3.36. The highest BCUT2D eigenvalue weighted by atomic mass is 19.1. The summed E-state index contributed by atoms with van der Waals surface area (Å²) in [5.41, 5.74) is 7.04. The van der Waals surface area contributed by atoms with Gasteiger partial charge in [0, 0.05) is 11.4 Å². The number of hydrogen-bond donors (Lipinski definition) is 2. The fourth-order valence-corrected chi connectivity index (χ4v) is 1.68. The molecule has 0 spiro atoms. The highest BCUT2D eigenvalue weighted by Gasteiger charge is 2.09. The summed E-state index contributed by atoms with van der Waals surface area (Å²) in [5, 5.41) is 11.3. The van der Waals surface area contributed by atoms with Crippen molar-refractivity contribution in [3.8, 4) is 6.07 Å². The Labute approximate surface area is 109 Å². The molecule has 3 N–H and O–H groups in total. The summed E-state index contributed by atoms with van der Waals surface area (Å²) in [6.07, 6.45) is 0.140. The minimum absolute atomic E-state index is 0.140. The Bertz CT molecular complexity index is 627. The molecule has 0 radical (unpaired) electrons. The summed E-state index contributed by atoms with van der Waals surface area (Å²) >= 11 is 0. The first kappa shape index (κ1) is 12.8. The summed E-state index contributed by atoms with van der Waals surface area (Å²) in [6.45, 7) is 0. The van der Waals surface area contributed by atoms with Crippen LogP contribution in [0.15, 0.2) is 36.4 Å². The maximum absolute atomic E-state index is 13.5. The van der Waals surface area contributed by atoms with Crippen molar-refractivity contribution in [1.82, 2.24) is 0 Å². The number of nitrogens with zero attached hydrogens (tertiary/aromatic N) is 1. The molecular weight excluding hydrogens is 248 g/mol. The summed E-state index contributed by atoms with van der Waals surface area (Å²) in [6, 6.07) is 10.4. The third-order valence-electron chi connectivity index (χ3n) is 2.64. The van der Waals surface area contributed by atoms with Crippen molar-refractivity contribution in [3.05, 3.63) is 53.6 Å². The van der Waals surface area contributed by atoms with Crippen LogP contribution in [0.4, 0.5) is 25.8 Å². The van der Waals surface area contributed by atoms with Gasteiger partial charge < -0.3 is 11.1 Å². The maximum atomic E-state index is 13.5. The molecule has 0 aliphatic rings.